The first-order valence-electron chi connectivity index (χ1n) is 6.28. The molecule has 1 aliphatic carbocycles. The van der Waals surface area contributed by atoms with Crippen molar-refractivity contribution in [2.24, 2.45) is 0 Å². The van der Waals surface area contributed by atoms with Crippen molar-refractivity contribution in [3.8, 4) is 0 Å². The number of halogens is 2. The van der Waals surface area contributed by atoms with Crippen molar-refractivity contribution in [1.29, 1.82) is 0 Å². The average Bonchev–Trinajstić information content (AvgIpc) is 2.94. The minimum absolute atomic E-state index is 0.000971. The van der Waals surface area contributed by atoms with Crippen LogP contribution in [0.4, 0.5) is 5.69 Å². The lowest BCUT2D eigenvalue weighted by atomic mass is 10.1. The Balaban J connectivity index is 1.78. The van der Waals surface area contributed by atoms with E-state index in [1.807, 2.05) is 18.2 Å². The van der Waals surface area contributed by atoms with Gasteiger partial charge in [0.15, 0.2) is 0 Å². The maximum absolute atomic E-state index is 12.2. The Morgan fingerprint density at radius 2 is 2.15 bits per heavy atom. The second kappa shape index (κ2) is 5.04. The van der Waals surface area contributed by atoms with Crippen LogP contribution in [0.5, 0.6) is 0 Å². The van der Waals surface area contributed by atoms with Gasteiger partial charge in [0.05, 0.1) is 11.1 Å². The molecular formula is C14H13Cl2N3O. The fraction of sp³-hybridized carbons (Fsp3) is 0.214. The van der Waals surface area contributed by atoms with Crippen LogP contribution >= 0.6 is 23.2 Å². The maximum atomic E-state index is 12.2. The largest absolute Gasteiger partial charge is 0.399 e. The number of carbonyl (C=O) groups is 1. The normalized spacial score (nSPS) is 17.0. The number of nitrogens with one attached hydrogen (secondary N) is 2. The molecule has 4 nitrogen and oxygen atoms in total. The number of anilines is 1. The number of nitrogens with two attached hydrogens (primary N) is 1. The van der Waals surface area contributed by atoms with Gasteiger partial charge in [-0.3, -0.25) is 4.79 Å². The van der Waals surface area contributed by atoms with E-state index in [1.54, 1.807) is 0 Å². The Hall–Kier alpha value is -1.65. The molecule has 1 atom stereocenters. The first-order valence-corrected chi connectivity index (χ1v) is 7.03. The fourth-order valence-electron chi connectivity index (χ4n) is 2.55. The molecule has 1 amide bonds. The molecule has 0 fully saturated rings. The second-order valence-electron chi connectivity index (χ2n) is 4.87. The summed E-state index contributed by atoms with van der Waals surface area (Å²) in [4.78, 5) is 14.9. The molecule has 1 heterocycles. The van der Waals surface area contributed by atoms with Gasteiger partial charge in [0.2, 0.25) is 0 Å². The first kappa shape index (κ1) is 13.3. The monoisotopic (exact) mass is 309 g/mol. The van der Waals surface area contributed by atoms with E-state index < -0.39 is 0 Å². The Kier molecular flexibility index (Phi) is 3.36. The number of aryl methyl sites for hydroxylation is 1. The Morgan fingerprint density at radius 1 is 1.35 bits per heavy atom. The molecule has 0 radical (unpaired) electrons. The van der Waals surface area contributed by atoms with Gasteiger partial charge < -0.3 is 16.0 Å². The number of hydrogen-bond donors (Lipinski definition) is 3. The molecule has 1 aromatic carbocycles. The van der Waals surface area contributed by atoms with Crippen LogP contribution in [0.15, 0.2) is 24.3 Å². The lowest BCUT2D eigenvalue weighted by molar-refractivity contribution is 0.0932. The number of H-pyrrole nitrogens is 1. The SMILES string of the molecule is Nc1ccc2c(c1)CCC2NC(=O)c1cc(Cl)c(Cl)[nH]1. The molecule has 2 aromatic rings. The van der Waals surface area contributed by atoms with E-state index in [0.29, 0.717) is 10.7 Å². The number of rotatable bonds is 2. The van der Waals surface area contributed by atoms with Crippen LogP contribution in [0, 0.1) is 0 Å². The highest BCUT2D eigenvalue weighted by atomic mass is 35.5. The Labute approximate surface area is 126 Å². The zero-order chi connectivity index (χ0) is 14.3. The molecule has 0 saturated heterocycles. The van der Waals surface area contributed by atoms with Crippen LogP contribution in [0.25, 0.3) is 0 Å². The van der Waals surface area contributed by atoms with Crippen molar-refractivity contribution in [2.75, 3.05) is 5.73 Å². The summed E-state index contributed by atoms with van der Waals surface area (Å²) in [5.74, 6) is -0.214. The number of hydrogen-bond acceptors (Lipinski definition) is 2. The minimum atomic E-state index is -0.214. The standard InChI is InChI=1S/C14H13Cl2N3O/c15-10-6-12(18-13(10)16)14(20)19-11-4-1-7-5-8(17)2-3-9(7)11/h2-3,5-6,11,18H,1,4,17H2,(H,19,20). The van der Waals surface area contributed by atoms with Gasteiger partial charge in [0.1, 0.15) is 10.8 Å². The van der Waals surface area contributed by atoms with Crippen molar-refractivity contribution in [3.63, 3.8) is 0 Å². The van der Waals surface area contributed by atoms with Crippen LogP contribution in [-0.4, -0.2) is 10.9 Å². The zero-order valence-electron chi connectivity index (χ0n) is 10.5. The molecule has 104 valence electrons. The van der Waals surface area contributed by atoms with Crippen molar-refractivity contribution in [2.45, 2.75) is 18.9 Å². The van der Waals surface area contributed by atoms with Crippen LogP contribution in [-0.2, 0) is 6.42 Å². The predicted octanol–water partition coefficient (Wildman–Crippen LogP) is 3.32. The first-order chi connectivity index (χ1) is 9.54. The average molecular weight is 310 g/mol. The van der Waals surface area contributed by atoms with Gasteiger partial charge in [-0.25, -0.2) is 0 Å². The van der Waals surface area contributed by atoms with Crippen LogP contribution < -0.4 is 11.1 Å². The van der Waals surface area contributed by atoms with E-state index in [9.17, 15) is 4.79 Å². The van der Waals surface area contributed by atoms with Crippen LogP contribution in [0.3, 0.4) is 0 Å². The van der Waals surface area contributed by atoms with E-state index in [0.717, 1.165) is 24.1 Å². The summed E-state index contributed by atoms with van der Waals surface area (Å²) in [6, 6.07) is 7.31. The van der Waals surface area contributed by atoms with E-state index >= 15 is 0 Å². The van der Waals surface area contributed by atoms with Gasteiger partial charge in [-0.15, -0.1) is 0 Å². The fourth-order valence-corrected chi connectivity index (χ4v) is 2.86. The van der Waals surface area contributed by atoms with Gasteiger partial charge in [0.25, 0.3) is 5.91 Å². The maximum Gasteiger partial charge on any atom is 0.268 e. The molecule has 0 spiro atoms. The predicted molar refractivity (Wildman–Crippen MR) is 80.2 cm³/mol. The summed E-state index contributed by atoms with van der Waals surface area (Å²) in [6.07, 6.45) is 1.78. The number of benzene rings is 1. The van der Waals surface area contributed by atoms with Gasteiger partial charge in [-0.05, 0) is 42.2 Å². The molecule has 1 aromatic heterocycles. The molecule has 0 bridgehead atoms. The third kappa shape index (κ3) is 2.37. The number of amides is 1. The summed E-state index contributed by atoms with van der Waals surface area (Å²) in [6.45, 7) is 0. The van der Waals surface area contributed by atoms with Gasteiger partial charge >= 0.3 is 0 Å². The highest BCUT2D eigenvalue weighted by molar-refractivity contribution is 6.41. The van der Waals surface area contributed by atoms with E-state index in [4.69, 9.17) is 28.9 Å². The van der Waals surface area contributed by atoms with Gasteiger partial charge in [-0.1, -0.05) is 29.3 Å². The lowest BCUT2D eigenvalue weighted by Gasteiger charge is -2.13. The minimum Gasteiger partial charge on any atom is -0.399 e. The summed E-state index contributed by atoms with van der Waals surface area (Å²) in [7, 11) is 0. The van der Waals surface area contributed by atoms with Crippen LogP contribution in [0.1, 0.15) is 34.1 Å². The summed E-state index contributed by atoms with van der Waals surface area (Å²) >= 11 is 11.6. The van der Waals surface area contributed by atoms with E-state index in [1.165, 1.54) is 11.6 Å². The molecule has 3 rings (SSSR count). The molecule has 1 aliphatic rings. The Bertz CT molecular complexity index is 662. The van der Waals surface area contributed by atoms with E-state index in [-0.39, 0.29) is 17.1 Å². The summed E-state index contributed by atoms with van der Waals surface area (Å²) < 4.78 is 0. The zero-order valence-corrected chi connectivity index (χ0v) is 12.1. The lowest BCUT2D eigenvalue weighted by Crippen LogP contribution is -2.27. The van der Waals surface area contributed by atoms with Crippen molar-refractivity contribution in [1.82, 2.24) is 10.3 Å². The molecule has 1 unspecified atom stereocenters. The van der Waals surface area contributed by atoms with Crippen molar-refractivity contribution < 1.29 is 4.79 Å². The third-order valence-corrected chi connectivity index (χ3v) is 4.21. The topological polar surface area (TPSA) is 70.9 Å². The smallest absolute Gasteiger partial charge is 0.268 e. The number of aromatic amines is 1. The summed E-state index contributed by atoms with van der Waals surface area (Å²) in [5.41, 5.74) is 9.19. The number of aromatic nitrogens is 1. The molecule has 4 N–H and O–H groups in total. The second-order valence-corrected chi connectivity index (χ2v) is 5.65. The van der Waals surface area contributed by atoms with Gasteiger partial charge in [-0.2, -0.15) is 0 Å². The Morgan fingerprint density at radius 3 is 2.85 bits per heavy atom. The molecular weight excluding hydrogens is 297 g/mol. The number of nitrogen functional groups attached to an aromatic ring is 1. The molecule has 0 aliphatic heterocycles. The highest BCUT2D eigenvalue weighted by Gasteiger charge is 2.25. The molecule has 0 saturated carbocycles. The molecule has 20 heavy (non-hydrogen) atoms. The summed E-state index contributed by atoms with van der Waals surface area (Å²) in [5, 5.41) is 3.60. The number of carbonyl (C=O) groups excluding carboxylic acids is 1. The van der Waals surface area contributed by atoms with Gasteiger partial charge in [0, 0.05) is 5.69 Å². The van der Waals surface area contributed by atoms with E-state index in [2.05, 4.69) is 10.3 Å². The highest BCUT2D eigenvalue weighted by Crippen LogP contribution is 2.32. The third-order valence-electron chi connectivity index (χ3n) is 3.52. The van der Waals surface area contributed by atoms with Crippen molar-refractivity contribution in [3.05, 3.63) is 51.3 Å². The quantitative estimate of drug-likeness (QED) is 0.745. The van der Waals surface area contributed by atoms with Crippen molar-refractivity contribution >= 4 is 34.8 Å². The molecule has 6 heteroatoms. The number of fused-ring (bicyclic) bond motifs is 1. The van der Waals surface area contributed by atoms with Crippen LogP contribution in [0.2, 0.25) is 10.2 Å².